The minimum atomic E-state index is -0.855. The van der Waals surface area contributed by atoms with Crippen LogP contribution in [0.4, 0.5) is 0 Å². The minimum Gasteiger partial charge on any atom is -0.496 e. The zero-order valence-corrected chi connectivity index (χ0v) is 11.8. The van der Waals surface area contributed by atoms with Gasteiger partial charge in [-0.3, -0.25) is 0 Å². The van der Waals surface area contributed by atoms with Crippen LogP contribution >= 0.6 is 22.6 Å². The molecule has 0 bridgehead atoms. The second kappa shape index (κ2) is 8.03. The van der Waals surface area contributed by atoms with Gasteiger partial charge in [-0.2, -0.15) is 0 Å². The van der Waals surface area contributed by atoms with Gasteiger partial charge < -0.3 is 19.7 Å². The van der Waals surface area contributed by atoms with E-state index in [0.29, 0.717) is 12.2 Å². The summed E-state index contributed by atoms with van der Waals surface area (Å²) in [5.74, 6) is 0.0703. The standard InChI is InChI=1S/C11H19IO4/c1-4-8(5-13)11(15)10(12)9(14)6-16-7(2)3/h5,8-11,14-15H,2,4,6H2,1,3H3. The third-order valence-corrected chi connectivity index (χ3v) is 3.85. The van der Waals surface area contributed by atoms with E-state index in [-0.39, 0.29) is 6.61 Å². The number of rotatable bonds is 8. The summed E-state index contributed by atoms with van der Waals surface area (Å²) in [5.41, 5.74) is 0. The number of aliphatic hydroxyl groups excluding tert-OH is 2. The lowest BCUT2D eigenvalue weighted by Crippen LogP contribution is -2.40. The number of carbonyl (C=O) groups excluding carboxylic acids is 1. The number of hydrogen-bond acceptors (Lipinski definition) is 4. The van der Waals surface area contributed by atoms with Crippen LogP contribution in [-0.4, -0.2) is 39.2 Å². The van der Waals surface area contributed by atoms with Gasteiger partial charge in [0.1, 0.15) is 19.0 Å². The Labute approximate surface area is 110 Å². The van der Waals surface area contributed by atoms with Crippen molar-refractivity contribution in [2.75, 3.05) is 6.61 Å². The fourth-order valence-electron chi connectivity index (χ4n) is 1.20. The van der Waals surface area contributed by atoms with Gasteiger partial charge in [-0.1, -0.05) is 36.1 Å². The van der Waals surface area contributed by atoms with Crippen molar-refractivity contribution in [2.24, 2.45) is 5.92 Å². The number of hydrogen-bond donors (Lipinski definition) is 2. The first-order valence-corrected chi connectivity index (χ1v) is 6.42. The normalized spacial score (nSPS) is 18.3. The first-order valence-electron chi connectivity index (χ1n) is 5.17. The van der Waals surface area contributed by atoms with Gasteiger partial charge in [0.15, 0.2) is 0 Å². The van der Waals surface area contributed by atoms with E-state index in [9.17, 15) is 15.0 Å². The Kier molecular flexibility index (Phi) is 7.96. The van der Waals surface area contributed by atoms with E-state index in [0.717, 1.165) is 6.29 Å². The highest BCUT2D eigenvalue weighted by Gasteiger charge is 2.30. The molecule has 0 radical (unpaired) electrons. The van der Waals surface area contributed by atoms with Gasteiger partial charge in [0.2, 0.25) is 0 Å². The van der Waals surface area contributed by atoms with Gasteiger partial charge in [-0.05, 0) is 13.3 Å². The molecule has 4 unspecified atom stereocenters. The summed E-state index contributed by atoms with van der Waals surface area (Å²) in [6, 6.07) is 0. The quantitative estimate of drug-likeness (QED) is 0.302. The molecule has 94 valence electrons. The van der Waals surface area contributed by atoms with Crippen LogP contribution in [0.25, 0.3) is 0 Å². The smallest absolute Gasteiger partial charge is 0.125 e. The van der Waals surface area contributed by atoms with Crippen molar-refractivity contribution >= 4 is 28.9 Å². The van der Waals surface area contributed by atoms with Crippen molar-refractivity contribution in [3.05, 3.63) is 12.3 Å². The molecule has 2 N–H and O–H groups in total. The minimum absolute atomic E-state index is 0.0787. The predicted octanol–water partition coefficient (Wildman–Crippen LogP) is 1.29. The summed E-state index contributed by atoms with van der Waals surface area (Å²) in [7, 11) is 0. The Balaban J connectivity index is 4.24. The number of aliphatic hydroxyl groups is 2. The second-order valence-corrected chi connectivity index (χ2v) is 5.16. The molecule has 0 spiro atoms. The van der Waals surface area contributed by atoms with Crippen molar-refractivity contribution < 1.29 is 19.7 Å². The van der Waals surface area contributed by atoms with E-state index in [2.05, 4.69) is 6.58 Å². The largest absolute Gasteiger partial charge is 0.496 e. The Morgan fingerprint density at radius 3 is 2.50 bits per heavy atom. The van der Waals surface area contributed by atoms with E-state index < -0.39 is 22.1 Å². The van der Waals surface area contributed by atoms with E-state index in [1.807, 2.05) is 29.5 Å². The molecule has 0 saturated carbocycles. The zero-order chi connectivity index (χ0) is 12.7. The Morgan fingerprint density at radius 2 is 2.12 bits per heavy atom. The molecule has 4 atom stereocenters. The Bertz CT molecular complexity index is 232. The van der Waals surface area contributed by atoms with Crippen molar-refractivity contribution in [2.45, 2.75) is 36.4 Å². The van der Waals surface area contributed by atoms with Crippen molar-refractivity contribution in [1.82, 2.24) is 0 Å². The summed E-state index contributed by atoms with van der Waals surface area (Å²) in [6.45, 7) is 7.13. The van der Waals surface area contributed by atoms with Crippen LogP contribution in [0.15, 0.2) is 12.3 Å². The highest BCUT2D eigenvalue weighted by molar-refractivity contribution is 14.1. The molecule has 0 saturated heterocycles. The highest BCUT2D eigenvalue weighted by atomic mass is 127. The molecule has 0 fully saturated rings. The monoisotopic (exact) mass is 342 g/mol. The van der Waals surface area contributed by atoms with Crippen LogP contribution in [0.2, 0.25) is 0 Å². The van der Waals surface area contributed by atoms with E-state index >= 15 is 0 Å². The number of aldehydes is 1. The van der Waals surface area contributed by atoms with E-state index in [4.69, 9.17) is 4.74 Å². The van der Waals surface area contributed by atoms with Crippen LogP contribution in [0.1, 0.15) is 20.3 Å². The topological polar surface area (TPSA) is 66.8 Å². The Hall–Kier alpha value is -0.140. The van der Waals surface area contributed by atoms with Crippen LogP contribution < -0.4 is 0 Å². The molecule has 0 amide bonds. The average Bonchev–Trinajstić information content (AvgIpc) is 2.26. The second-order valence-electron chi connectivity index (χ2n) is 3.72. The van der Waals surface area contributed by atoms with Crippen LogP contribution in [-0.2, 0) is 9.53 Å². The maximum absolute atomic E-state index is 10.7. The van der Waals surface area contributed by atoms with Gasteiger partial charge in [0.25, 0.3) is 0 Å². The van der Waals surface area contributed by atoms with Gasteiger partial charge >= 0.3 is 0 Å². The molecule has 0 aliphatic heterocycles. The number of carbonyl (C=O) groups is 1. The number of allylic oxidation sites excluding steroid dienone is 1. The summed E-state index contributed by atoms with van der Waals surface area (Å²) in [4.78, 5) is 10.7. The molecule has 5 heteroatoms. The highest BCUT2D eigenvalue weighted by Crippen LogP contribution is 2.20. The van der Waals surface area contributed by atoms with Gasteiger partial charge in [-0.25, -0.2) is 0 Å². The summed E-state index contributed by atoms with van der Waals surface area (Å²) in [6.07, 6.45) is -0.394. The molecule has 0 aromatic rings. The van der Waals surface area contributed by atoms with Crippen LogP contribution in [0.3, 0.4) is 0 Å². The van der Waals surface area contributed by atoms with Crippen molar-refractivity contribution in [3.8, 4) is 0 Å². The third-order valence-electron chi connectivity index (χ3n) is 2.28. The number of ether oxygens (including phenoxy) is 1. The fourth-order valence-corrected chi connectivity index (χ4v) is 1.94. The number of alkyl halides is 1. The third kappa shape index (κ3) is 5.27. The molecule has 0 aromatic heterocycles. The molecular weight excluding hydrogens is 323 g/mol. The summed E-state index contributed by atoms with van der Waals surface area (Å²) >= 11 is 1.93. The predicted molar refractivity (Wildman–Crippen MR) is 70.4 cm³/mol. The zero-order valence-electron chi connectivity index (χ0n) is 9.60. The lowest BCUT2D eigenvalue weighted by Gasteiger charge is -2.25. The fraction of sp³-hybridized carbons (Fsp3) is 0.727. The number of halogens is 1. The Morgan fingerprint density at radius 1 is 1.56 bits per heavy atom. The van der Waals surface area contributed by atoms with E-state index in [1.165, 1.54) is 0 Å². The lowest BCUT2D eigenvalue weighted by molar-refractivity contribution is -0.114. The summed E-state index contributed by atoms with van der Waals surface area (Å²) in [5, 5.41) is 19.6. The molecule has 0 rings (SSSR count). The van der Waals surface area contributed by atoms with Crippen molar-refractivity contribution in [1.29, 1.82) is 0 Å². The molecule has 0 aromatic carbocycles. The molecule has 0 heterocycles. The maximum atomic E-state index is 10.7. The van der Waals surface area contributed by atoms with Gasteiger partial charge in [0, 0.05) is 5.92 Å². The average molecular weight is 342 g/mol. The SMILES string of the molecule is C=C(C)OCC(O)C(I)C(O)C(C=O)CC. The molecule has 4 nitrogen and oxygen atoms in total. The first kappa shape index (κ1) is 15.9. The van der Waals surface area contributed by atoms with Gasteiger partial charge in [0.05, 0.1) is 15.8 Å². The van der Waals surface area contributed by atoms with Crippen LogP contribution in [0.5, 0.6) is 0 Å². The first-order chi connectivity index (χ1) is 7.43. The van der Waals surface area contributed by atoms with Crippen molar-refractivity contribution in [3.63, 3.8) is 0 Å². The molecular formula is C11H19IO4. The molecule has 16 heavy (non-hydrogen) atoms. The molecule has 0 aliphatic rings. The van der Waals surface area contributed by atoms with Crippen LogP contribution in [0, 0.1) is 5.92 Å². The maximum Gasteiger partial charge on any atom is 0.125 e. The lowest BCUT2D eigenvalue weighted by atomic mass is 9.96. The van der Waals surface area contributed by atoms with E-state index in [1.54, 1.807) is 6.92 Å². The summed E-state index contributed by atoms with van der Waals surface area (Å²) < 4.78 is 4.64. The molecule has 0 aliphatic carbocycles. The van der Waals surface area contributed by atoms with Gasteiger partial charge in [-0.15, -0.1) is 0 Å².